The Morgan fingerprint density at radius 1 is 0.765 bits per heavy atom. The molecule has 1 fully saturated rings. The maximum atomic E-state index is 13.1. The van der Waals surface area contributed by atoms with Gasteiger partial charge in [-0.05, 0) is 42.5 Å². The summed E-state index contributed by atoms with van der Waals surface area (Å²) in [6.45, 7) is 2.45. The summed E-state index contributed by atoms with van der Waals surface area (Å²) < 4.78 is 21.4. The predicted octanol–water partition coefficient (Wildman–Crippen LogP) is 3.14. The second-order valence-electron chi connectivity index (χ2n) is 7.67. The van der Waals surface area contributed by atoms with Crippen LogP contribution in [0.25, 0.3) is 11.3 Å². The van der Waals surface area contributed by atoms with Gasteiger partial charge in [0.15, 0.2) is 28.8 Å². The predicted molar refractivity (Wildman–Crippen MR) is 128 cm³/mol. The van der Waals surface area contributed by atoms with Crippen LogP contribution in [0.5, 0.6) is 23.0 Å². The molecule has 0 spiro atoms. The number of ether oxygens (including phenoxy) is 4. The lowest BCUT2D eigenvalue weighted by atomic mass is 10.1. The van der Waals surface area contributed by atoms with Crippen LogP contribution in [0.4, 0.5) is 5.82 Å². The van der Waals surface area contributed by atoms with Crippen molar-refractivity contribution in [3.05, 3.63) is 54.1 Å². The Morgan fingerprint density at radius 3 is 2.12 bits per heavy atom. The number of para-hydroxylation sites is 1. The van der Waals surface area contributed by atoms with Crippen LogP contribution >= 0.6 is 0 Å². The van der Waals surface area contributed by atoms with E-state index < -0.39 is 0 Å². The summed E-state index contributed by atoms with van der Waals surface area (Å²) in [5.74, 6) is 2.99. The molecule has 34 heavy (non-hydrogen) atoms. The minimum Gasteiger partial charge on any atom is -0.493 e. The van der Waals surface area contributed by atoms with Crippen molar-refractivity contribution in [2.45, 2.75) is 0 Å². The van der Waals surface area contributed by atoms with Gasteiger partial charge in [0.2, 0.25) is 0 Å². The maximum absolute atomic E-state index is 13.1. The van der Waals surface area contributed by atoms with Gasteiger partial charge in [0, 0.05) is 31.7 Å². The van der Waals surface area contributed by atoms with Gasteiger partial charge in [-0.2, -0.15) is 0 Å². The molecule has 1 aromatic heterocycles. The number of piperazine rings is 1. The summed E-state index contributed by atoms with van der Waals surface area (Å²) in [7, 11) is 6.30. The molecule has 0 saturated carbocycles. The second-order valence-corrected chi connectivity index (χ2v) is 7.67. The molecular formula is C25H28N4O5. The fourth-order valence-corrected chi connectivity index (χ4v) is 4.01. The van der Waals surface area contributed by atoms with E-state index in [0.29, 0.717) is 54.7 Å². The molecule has 1 aliphatic rings. The van der Waals surface area contributed by atoms with E-state index in [4.69, 9.17) is 18.9 Å². The number of nitrogens with zero attached hydrogens (tertiary/aromatic N) is 4. The number of aromatic nitrogens is 2. The number of hydrogen-bond acceptors (Lipinski definition) is 8. The van der Waals surface area contributed by atoms with Crippen LogP contribution in [0.1, 0.15) is 10.4 Å². The Morgan fingerprint density at radius 2 is 1.50 bits per heavy atom. The van der Waals surface area contributed by atoms with Crippen molar-refractivity contribution in [2.24, 2.45) is 0 Å². The zero-order chi connectivity index (χ0) is 24.1. The third-order valence-corrected chi connectivity index (χ3v) is 5.85. The summed E-state index contributed by atoms with van der Waals surface area (Å²) in [6, 6.07) is 14.8. The fourth-order valence-electron chi connectivity index (χ4n) is 4.01. The molecule has 3 aromatic rings. The lowest BCUT2D eigenvalue weighted by Gasteiger charge is -2.35. The minimum absolute atomic E-state index is 0.0784. The Kier molecular flexibility index (Phi) is 7.01. The lowest BCUT2D eigenvalue weighted by Crippen LogP contribution is -2.49. The Hall–Kier alpha value is -4.01. The van der Waals surface area contributed by atoms with Crippen LogP contribution in [-0.2, 0) is 0 Å². The highest BCUT2D eigenvalue weighted by molar-refractivity contribution is 5.98. The SMILES string of the molecule is COc1ccc(-c2ccc(N3CCN(C(=O)c4cccc(OC)c4OC)CC3)nn2)cc1OC. The summed E-state index contributed by atoms with van der Waals surface area (Å²) >= 11 is 0. The first-order valence-corrected chi connectivity index (χ1v) is 10.9. The highest BCUT2D eigenvalue weighted by Gasteiger charge is 2.26. The number of methoxy groups -OCH3 is 4. The normalized spacial score (nSPS) is 13.4. The molecule has 4 rings (SSSR count). The number of rotatable bonds is 7. The van der Waals surface area contributed by atoms with Crippen molar-refractivity contribution in [1.29, 1.82) is 0 Å². The van der Waals surface area contributed by atoms with Crippen molar-refractivity contribution >= 4 is 11.7 Å². The van der Waals surface area contributed by atoms with E-state index in [1.54, 1.807) is 39.5 Å². The molecule has 1 amide bonds. The number of carbonyl (C=O) groups excluding carboxylic acids is 1. The summed E-state index contributed by atoms with van der Waals surface area (Å²) in [5.41, 5.74) is 2.12. The van der Waals surface area contributed by atoms with Crippen LogP contribution < -0.4 is 23.8 Å². The van der Waals surface area contributed by atoms with Gasteiger partial charge in [-0.1, -0.05) is 6.07 Å². The van der Waals surface area contributed by atoms with E-state index >= 15 is 0 Å². The van der Waals surface area contributed by atoms with Crippen LogP contribution in [-0.4, -0.2) is 75.6 Å². The Bertz CT molecular complexity index is 1140. The molecule has 1 saturated heterocycles. The van der Waals surface area contributed by atoms with Crippen molar-refractivity contribution in [1.82, 2.24) is 15.1 Å². The zero-order valence-electron chi connectivity index (χ0n) is 19.8. The van der Waals surface area contributed by atoms with Gasteiger partial charge in [0.05, 0.1) is 39.7 Å². The smallest absolute Gasteiger partial charge is 0.257 e. The molecule has 9 nitrogen and oxygen atoms in total. The lowest BCUT2D eigenvalue weighted by molar-refractivity contribution is 0.0742. The molecule has 178 valence electrons. The molecule has 0 unspecified atom stereocenters. The van der Waals surface area contributed by atoms with E-state index in [-0.39, 0.29) is 5.91 Å². The van der Waals surface area contributed by atoms with Gasteiger partial charge in [-0.25, -0.2) is 0 Å². The highest BCUT2D eigenvalue weighted by Crippen LogP contribution is 2.33. The monoisotopic (exact) mass is 464 g/mol. The molecule has 0 atom stereocenters. The molecular weight excluding hydrogens is 436 g/mol. The third kappa shape index (κ3) is 4.54. The number of amides is 1. The van der Waals surface area contributed by atoms with E-state index in [9.17, 15) is 4.79 Å². The summed E-state index contributed by atoms with van der Waals surface area (Å²) in [6.07, 6.45) is 0. The molecule has 0 N–H and O–H groups in total. The number of benzene rings is 2. The largest absolute Gasteiger partial charge is 0.493 e. The molecule has 2 aromatic carbocycles. The summed E-state index contributed by atoms with van der Waals surface area (Å²) in [4.78, 5) is 17.1. The highest BCUT2D eigenvalue weighted by atomic mass is 16.5. The van der Waals surface area contributed by atoms with E-state index in [1.807, 2.05) is 35.2 Å². The number of hydrogen-bond donors (Lipinski definition) is 0. The van der Waals surface area contributed by atoms with Crippen molar-refractivity contribution < 1.29 is 23.7 Å². The van der Waals surface area contributed by atoms with Crippen LogP contribution in [0.2, 0.25) is 0 Å². The van der Waals surface area contributed by atoms with Gasteiger partial charge in [-0.3, -0.25) is 4.79 Å². The van der Waals surface area contributed by atoms with Crippen LogP contribution in [0.15, 0.2) is 48.5 Å². The molecule has 2 heterocycles. The second kappa shape index (κ2) is 10.3. The third-order valence-electron chi connectivity index (χ3n) is 5.85. The van der Waals surface area contributed by atoms with Crippen molar-refractivity contribution in [3.8, 4) is 34.3 Å². The average molecular weight is 465 g/mol. The van der Waals surface area contributed by atoms with E-state index in [1.165, 1.54) is 7.11 Å². The first-order valence-electron chi connectivity index (χ1n) is 10.9. The summed E-state index contributed by atoms with van der Waals surface area (Å²) in [5, 5.41) is 8.82. The van der Waals surface area contributed by atoms with Gasteiger partial charge in [0.1, 0.15) is 0 Å². The molecule has 1 aliphatic heterocycles. The maximum Gasteiger partial charge on any atom is 0.257 e. The van der Waals surface area contributed by atoms with Gasteiger partial charge in [-0.15, -0.1) is 10.2 Å². The van der Waals surface area contributed by atoms with Gasteiger partial charge >= 0.3 is 0 Å². The molecule has 0 aliphatic carbocycles. The molecule has 9 heteroatoms. The standard InChI is InChI=1S/C25H28N4O5/c1-31-20-10-8-17(16-22(20)33-3)19-9-11-23(27-26-19)28-12-14-29(15-13-28)25(30)18-6-5-7-21(32-2)24(18)34-4/h5-11,16H,12-15H2,1-4H3. The Balaban J connectivity index is 1.43. The fraction of sp³-hybridized carbons (Fsp3) is 0.320. The van der Waals surface area contributed by atoms with Crippen molar-refractivity contribution in [3.63, 3.8) is 0 Å². The molecule has 0 radical (unpaired) electrons. The van der Waals surface area contributed by atoms with Crippen LogP contribution in [0.3, 0.4) is 0 Å². The first-order chi connectivity index (χ1) is 16.6. The quantitative estimate of drug-likeness (QED) is 0.527. The molecule has 0 bridgehead atoms. The minimum atomic E-state index is -0.0784. The first kappa shape index (κ1) is 23.2. The van der Waals surface area contributed by atoms with E-state index in [0.717, 1.165) is 17.1 Å². The average Bonchev–Trinajstić information content (AvgIpc) is 2.91. The van der Waals surface area contributed by atoms with Crippen LogP contribution in [0, 0.1) is 0 Å². The van der Waals surface area contributed by atoms with Crippen molar-refractivity contribution in [2.75, 3.05) is 59.5 Å². The Labute approximate surface area is 198 Å². The van der Waals surface area contributed by atoms with E-state index in [2.05, 4.69) is 15.1 Å². The number of anilines is 1. The van der Waals surface area contributed by atoms with Gasteiger partial charge < -0.3 is 28.7 Å². The van der Waals surface area contributed by atoms with Gasteiger partial charge in [0.25, 0.3) is 5.91 Å². The zero-order valence-corrected chi connectivity index (χ0v) is 19.8. The number of carbonyl (C=O) groups is 1. The topological polar surface area (TPSA) is 86.3 Å².